The Hall–Kier alpha value is -4.60. The van der Waals surface area contributed by atoms with Gasteiger partial charge in [0.15, 0.2) is 0 Å². The van der Waals surface area contributed by atoms with Crippen molar-refractivity contribution in [2.75, 3.05) is 0 Å². The lowest BCUT2D eigenvalue weighted by Gasteiger charge is -2.11. The highest BCUT2D eigenvalue weighted by atomic mass is 79.9. The Morgan fingerprint density at radius 3 is 1.17 bits per heavy atom. The average Bonchev–Trinajstić information content (AvgIpc) is 3.93. The van der Waals surface area contributed by atoms with E-state index in [2.05, 4.69) is 213 Å². The molecule has 4 aromatic carbocycles. The fourth-order valence-corrected chi connectivity index (χ4v) is 8.65. The van der Waals surface area contributed by atoms with Crippen molar-refractivity contribution in [2.24, 2.45) is 0 Å². The SMILES string of the molecule is Brc1ccc(C2=C(c3ccccc3)c3cc4ccc(cc5nc(cc6ccc(cc2n3)[nH]6)C(c2ccc(Br)cc2Br)=C5c2ccc(Br)cc2)[nH]4)cc1. The maximum absolute atomic E-state index is 5.34. The molecule has 8 bridgehead atoms. The molecule has 0 fully saturated rings. The monoisotopic (exact) mass is 926 g/mol. The van der Waals surface area contributed by atoms with Gasteiger partial charge in [-0.15, -0.1) is 0 Å². The smallest absolute Gasteiger partial charge is 0.0743 e. The summed E-state index contributed by atoms with van der Waals surface area (Å²) in [6, 6.07) is 50.7. The molecule has 8 heteroatoms. The van der Waals surface area contributed by atoms with Crippen LogP contribution in [-0.4, -0.2) is 19.9 Å². The van der Waals surface area contributed by atoms with Gasteiger partial charge < -0.3 is 9.97 Å². The molecule has 2 N–H and O–H groups in total. The van der Waals surface area contributed by atoms with E-state index in [1.807, 2.05) is 6.07 Å². The van der Waals surface area contributed by atoms with Crippen LogP contribution in [0.15, 0.2) is 163 Å². The molecule has 7 aromatic rings. The highest BCUT2D eigenvalue weighted by Gasteiger charge is 2.26. The zero-order valence-corrected chi connectivity index (χ0v) is 33.6. The van der Waals surface area contributed by atoms with Gasteiger partial charge in [-0.25, -0.2) is 9.97 Å². The van der Waals surface area contributed by atoms with Crippen molar-refractivity contribution in [1.29, 1.82) is 0 Å². The number of fused-ring (bicyclic) bond motifs is 8. The summed E-state index contributed by atoms with van der Waals surface area (Å²) < 4.78 is 4.02. The Morgan fingerprint density at radius 2 is 0.731 bits per heavy atom. The number of H-pyrrole nitrogens is 2. The molecule has 2 aliphatic heterocycles. The minimum Gasteiger partial charge on any atom is -0.355 e. The summed E-state index contributed by atoms with van der Waals surface area (Å²) in [5.41, 5.74) is 15.9. The number of benzene rings is 4. The fraction of sp³-hybridized carbons (Fsp3) is 0. The highest BCUT2D eigenvalue weighted by molar-refractivity contribution is 9.11. The second-order valence-electron chi connectivity index (χ2n) is 12.6. The van der Waals surface area contributed by atoms with Crippen LogP contribution in [0.5, 0.6) is 0 Å². The Labute approximate surface area is 334 Å². The van der Waals surface area contributed by atoms with Gasteiger partial charge in [-0.05, 0) is 107 Å². The van der Waals surface area contributed by atoms with E-state index in [-0.39, 0.29) is 0 Å². The van der Waals surface area contributed by atoms with E-state index in [4.69, 9.17) is 9.97 Å². The van der Waals surface area contributed by atoms with Crippen molar-refractivity contribution in [2.45, 2.75) is 0 Å². The number of aromatic amines is 2. The zero-order chi connectivity index (χ0) is 35.3. The second-order valence-corrected chi connectivity index (χ2v) is 16.2. The van der Waals surface area contributed by atoms with Crippen LogP contribution in [0, 0.1) is 0 Å². The van der Waals surface area contributed by atoms with Gasteiger partial charge in [-0.3, -0.25) is 0 Å². The Kier molecular flexibility index (Phi) is 8.79. The van der Waals surface area contributed by atoms with Gasteiger partial charge in [-0.1, -0.05) is 124 Å². The molecule has 3 aromatic heterocycles. The maximum atomic E-state index is 5.34. The molecule has 0 aliphatic carbocycles. The molecular weight excluding hydrogens is 904 g/mol. The van der Waals surface area contributed by atoms with Gasteiger partial charge in [0, 0.05) is 62.3 Å². The summed E-state index contributed by atoms with van der Waals surface area (Å²) >= 11 is 14.8. The molecule has 4 nitrogen and oxygen atoms in total. The average molecular weight is 930 g/mol. The van der Waals surface area contributed by atoms with E-state index in [1.165, 1.54) is 0 Å². The predicted molar refractivity (Wildman–Crippen MR) is 228 cm³/mol. The van der Waals surface area contributed by atoms with Crippen LogP contribution < -0.4 is 0 Å². The summed E-state index contributed by atoms with van der Waals surface area (Å²) in [4.78, 5) is 18.0. The van der Waals surface area contributed by atoms with Gasteiger partial charge in [0.25, 0.3) is 0 Å². The molecule has 0 atom stereocenters. The molecule has 0 saturated heterocycles. The molecular formula is C44H26Br4N4. The number of nitrogens with zero attached hydrogens (tertiary/aromatic N) is 2. The van der Waals surface area contributed by atoms with Crippen molar-refractivity contribution in [3.8, 4) is 0 Å². The molecule has 0 amide bonds. The summed E-state index contributed by atoms with van der Waals surface area (Å²) in [6.07, 6.45) is 0. The molecule has 250 valence electrons. The molecule has 0 spiro atoms. The van der Waals surface area contributed by atoms with Crippen LogP contribution in [-0.2, 0) is 0 Å². The first-order valence-corrected chi connectivity index (χ1v) is 19.7. The van der Waals surface area contributed by atoms with Crippen LogP contribution in [0.4, 0.5) is 0 Å². The number of aromatic nitrogens is 4. The van der Waals surface area contributed by atoms with Crippen LogP contribution in [0.1, 0.15) is 45.0 Å². The number of nitrogens with one attached hydrogen (secondary N) is 2. The molecule has 0 unspecified atom stereocenters. The van der Waals surface area contributed by atoms with E-state index in [1.54, 1.807) is 0 Å². The van der Waals surface area contributed by atoms with Crippen LogP contribution >= 0.6 is 63.7 Å². The quantitative estimate of drug-likeness (QED) is 0.185. The summed E-state index contributed by atoms with van der Waals surface area (Å²) in [6.45, 7) is 0. The fourth-order valence-electron chi connectivity index (χ4n) is 6.88. The molecule has 0 radical (unpaired) electrons. The van der Waals surface area contributed by atoms with E-state index in [0.29, 0.717) is 0 Å². The molecule has 9 rings (SSSR count). The lowest BCUT2D eigenvalue weighted by Crippen LogP contribution is -1.92. The van der Waals surface area contributed by atoms with E-state index >= 15 is 0 Å². The van der Waals surface area contributed by atoms with Crippen molar-refractivity contribution >= 4 is 108 Å². The van der Waals surface area contributed by atoms with Crippen LogP contribution in [0.25, 0.3) is 44.4 Å². The minimum absolute atomic E-state index is 0.863. The topological polar surface area (TPSA) is 57.4 Å². The number of halogens is 4. The largest absolute Gasteiger partial charge is 0.355 e. The molecule has 52 heavy (non-hydrogen) atoms. The van der Waals surface area contributed by atoms with Crippen molar-refractivity contribution < 1.29 is 0 Å². The predicted octanol–water partition coefficient (Wildman–Crippen LogP) is 13.4. The van der Waals surface area contributed by atoms with Crippen LogP contribution in [0.3, 0.4) is 0 Å². The van der Waals surface area contributed by atoms with Gasteiger partial charge in [-0.2, -0.15) is 0 Å². The molecule has 5 heterocycles. The number of hydrogen-bond acceptors (Lipinski definition) is 2. The molecule has 0 saturated carbocycles. The normalized spacial score (nSPS) is 12.8. The summed E-state index contributed by atoms with van der Waals surface area (Å²) in [5.74, 6) is 0. The number of rotatable bonds is 4. The first kappa shape index (κ1) is 33.3. The van der Waals surface area contributed by atoms with Gasteiger partial charge >= 0.3 is 0 Å². The summed E-state index contributed by atoms with van der Waals surface area (Å²) in [5, 5.41) is 0. The highest BCUT2D eigenvalue weighted by Crippen LogP contribution is 2.43. The molecule has 2 aliphatic rings. The van der Waals surface area contributed by atoms with Gasteiger partial charge in [0.1, 0.15) is 0 Å². The van der Waals surface area contributed by atoms with Crippen molar-refractivity contribution in [3.05, 3.63) is 209 Å². The number of hydrogen-bond donors (Lipinski definition) is 2. The van der Waals surface area contributed by atoms with E-state index < -0.39 is 0 Å². The third-order valence-corrected chi connectivity index (χ3v) is 11.4. The standard InChI is InChI=1S/C44H26Br4N4/c45-28-10-6-26(7-11-28)42-38-22-32-17-18-34(50-32)24-40-44(35-19-14-30(47)20-36(35)48)43(27-8-12-29(46)13-9-27)39(52-40)23-33-16-15-31(49-33)21-37(51-38)41(42)25-4-2-1-3-5-25/h1-24,49-50H. The summed E-state index contributed by atoms with van der Waals surface area (Å²) in [7, 11) is 0. The van der Waals surface area contributed by atoms with E-state index in [0.717, 1.165) is 107 Å². The Balaban J connectivity index is 1.36. The lowest BCUT2D eigenvalue weighted by molar-refractivity contribution is 1.29. The van der Waals surface area contributed by atoms with Crippen LogP contribution in [0.2, 0.25) is 0 Å². The lowest BCUT2D eigenvalue weighted by atomic mass is 9.92. The first-order chi connectivity index (χ1) is 25.4. The minimum atomic E-state index is 0.863. The van der Waals surface area contributed by atoms with Crippen molar-refractivity contribution in [3.63, 3.8) is 0 Å². The van der Waals surface area contributed by atoms with Crippen molar-refractivity contribution in [1.82, 2.24) is 19.9 Å². The zero-order valence-electron chi connectivity index (χ0n) is 27.3. The van der Waals surface area contributed by atoms with Gasteiger partial charge in [0.05, 0.1) is 22.8 Å². The Bertz CT molecular complexity index is 2760. The Morgan fingerprint density at radius 1 is 0.346 bits per heavy atom. The third-order valence-electron chi connectivity index (χ3n) is 9.17. The first-order valence-electron chi connectivity index (χ1n) is 16.6. The van der Waals surface area contributed by atoms with Gasteiger partial charge in [0.2, 0.25) is 0 Å². The second kappa shape index (κ2) is 13.7. The third kappa shape index (κ3) is 6.38. The maximum Gasteiger partial charge on any atom is 0.0743 e. The van der Waals surface area contributed by atoms with E-state index in [9.17, 15) is 0 Å².